The van der Waals surface area contributed by atoms with Crippen LogP contribution in [0.15, 0.2) is 0 Å². The summed E-state index contributed by atoms with van der Waals surface area (Å²) in [6.45, 7) is 10.5. The molecular weight excluding hydrogens is 184 g/mol. The summed E-state index contributed by atoms with van der Waals surface area (Å²) in [7, 11) is 0. The van der Waals surface area contributed by atoms with Gasteiger partial charge < -0.3 is 0 Å². The van der Waals surface area contributed by atoms with Crippen molar-refractivity contribution in [3.8, 4) is 0 Å². The Kier molecular flexibility index (Phi) is 6.26. The quantitative estimate of drug-likeness (QED) is 0.666. The number of hydrazine groups is 1. The molecule has 0 aliphatic carbocycles. The Morgan fingerprint density at radius 3 is 2.47 bits per heavy atom. The lowest BCUT2D eigenvalue weighted by molar-refractivity contribution is -0.0743. The lowest BCUT2D eigenvalue weighted by Crippen LogP contribution is -2.51. The van der Waals surface area contributed by atoms with Crippen LogP contribution in [0.5, 0.6) is 0 Å². The van der Waals surface area contributed by atoms with Crippen LogP contribution in [0, 0.1) is 0 Å². The van der Waals surface area contributed by atoms with Gasteiger partial charge in [-0.15, -0.1) is 0 Å². The van der Waals surface area contributed by atoms with E-state index in [-0.39, 0.29) is 0 Å². The Bertz CT molecular complexity index is 155. The smallest absolute Gasteiger partial charge is 0.0245 e. The maximum Gasteiger partial charge on any atom is 0.0245 e. The van der Waals surface area contributed by atoms with Crippen LogP contribution in [0.1, 0.15) is 59.3 Å². The van der Waals surface area contributed by atoms with Crippen LogP contribution >= 0.6 is 0 Å². The summed E-state index contributed by atoms with van der Waals surface area (Å²) >= 11 is 0. The predicted molar refractivity (Wildman–Crippen MR) is 66.8 cm³/mol. The summed E-state index contributed by atoms with van der Waals surface area (Å²) in [5, 5.41) is 5.18. The highest BCUT2D eigenvalue weighted by Gasteiger charge is 2.24. The van der Waals surface area contributed by atoms with Crippen LogP contribution < -0.4 is 0 Å². The van der Waals surface area contributed by atoms with Gasteiger partial charge in [0.2, 0.25) is 0 Å². The van der Waals surface area contributed by atoms with Crippen LogP contribution in [-0.4, -0.2) is 35.7 Å². The molecule has 0 amide bonds. The van der Waals surface area contributed by atoms with Crippen LogP contribution in [-0.2, 0) is 0 Å². The van der Waals surface area contributed by atoms with Gasteiger partial charge in [-0.05, 0) is 19.3 Å². The molecule has 0 bridgehead atoms. The zero-order chi connectivity index (χ0) is 11.1. The molecule has 1 unspecified atom stereocenters. The largest absolute Gasteiger partial charge is 0.242 e. The number of hydrogen-bond donors (Lipinski definition) is 0. The molecule has 0 radical (unpaired) electrons. The maximum absolute atomic E-state index is 2.65. The van der Waals surface area contributed by atoms with E-state index >= 15 is 0 Å². The van der Waals surface area contributed by atoms with Crippen molar-refractivity contribution in [1.29, 1.82) is 0 Å². The SMILES string of the molecule is CCCCC1CCCCN1N(CC)CC. The Balaban J connectivity index is 2.48. The molecule has 0 N–H and O–H groups in total. The van der Waals surface area contributed by atoms with Crippen molar-refractivity contribution in [1.82, 2.24) is 10.0 Å². The van der Waals surface area contributed by atoms with E-state index in [0.717, 1.165) is 6.04 Å². The summed E-state index contributed by atoms with van der Waals surface area (Å²) in [6, 6.07) is 0.832. The van der Waals surface area contributed by atoms with Gasteiger partial charge in [0, 0.05) is 25.7 Å². The van der Waals surface area contributed by atoms with E-state index in [1.165, 1.54) is 58.2 Å². The molecule has 0 spiro atoms. The number of hydrogen-bond acceptors (Lipinski definition) is 2. The maximum atomic E-state index is 2.65. The van der Waals surface area contributed by atoms with Gasteiger partial charge in [-0.1, -0.05) is 40.0 Å². The number of rotatable bonds is 6. The molecule has 1 saturated heterocycles. The molecule has 2 heteroatoms. The highest BCUT2D eigenvalue weighted by Crippen LogP contribution is 2.22. The average molecular weight is 212 g/mol. The molecule has 1 aliphatic heterocycles. The monoisotopic (exact) mass is 212 g/mol. The van der Waals surface area contributed by atoms with Gasteiger partial charge in [-0.2, -0.15) is 0 Å². The molecule has 0 saturated carbocycles. The van der Waals surface area contributed by atoms with Crippen molar-refractivity contribution in [2.75, 3.05) is 19.6 Å². The van der Waals surface area contributed by atoms with Crippen LogP contribution in [0.25, 0.3) is 0 Å². The highest BCUT2D eigenvalue weighted by molar-refractivity contribution is 4.75. The molecule has 0 aromatic carbocycles. The van der Waals surface area contributed by atoms with E-state index in [1.807, 2.05) is 0 Å². The van der Waals surface area contributed by atoms with Crippen LogP contribution in [0.3, 0.4) is 0 Å². The molecule has 1 rings (SSSR count). The van der Waals surface area contributed by atoms with Gasteiger partial charge in [0.1, 0.15) is 0 Å². The molecule has 1 aliphatic rings. The molecule has 1 fully saturated rings. The van der Waals surface area contributed by atoms with Crippen molar-refractivity contribution in [2.24, 2.45) is 0 Å². The first-order chi connectivity index (χ1) is 7.33. The molecule has 90 valence electrons. The minimum atomic E-state index is 0.832. The van der Waals surface area contributed by atoms with E-state index in [0.29, 0.717) is 0 Å². The summed E-state index contributed by atoms with van der Waals surface area (Å²) in [4.78, 5) is 0. The fraction of sp³-hybridized carbons (Fsp3) is 1.00. The topological polar surface area (TPSA) is 6.48 Å². The highest BCUT2D eigenvalue weighted by atomic mass is 15.6. The zero-order valence-corrected chi connectivity index (χ0v) is 10.8. The lowest BCUT2D eigenvalue weighted by Gasteiger charge is -2.42. The van der Waals surface area contributed by atoms with E-state index < -0.39 is 0 Å². The van der Waals surface area contributed by atoms with E-state index in [4.69, 9.17) is 0 Å². The van der Waals surface area contributed by atoms with Gasteiger partial charge >= 0.3 is 0 Å². The second-order valence-corrected chi connectivity index (χ2v) is 4.59. The number of nitrogens with zero attached hydrogens (tertiary/aromatic N) is 2. The number of piperidine rings is 1. The van der Waals surface area contributed by atoms with E-state index in [1.54, 1.807) is 0 Å². The second-order valence-electron chi connectivity index (χ2n) is 4.59. The minimum Gasteiger partial charge on any atom is -0.242 e. The van der Waals surface area contributed by atoms with Gasteiger partial charge in [0.05, 0.1) is 0 Å². The fourth-order valence-electron chi connectivity index (χ4n) is 2.68. The van der Waals surface area contributed by atoms with Crippen LogP contribution in [0.4, 0.5) is 0 Å². The van der Waals surface area contributed by atoms with Crippen molar-refractivity contribution in [3.05, 3.63) is 0 Å². The van der Waals surface area contributed by atoms with Crippen molar-refractivity contribution in [3.63, 3.8) is 0 Å². The first-order valence-corrected chi connectivity index (χ1v) is 6.84. The Labute approximate surface area is 95.6 Å². The minimum absolute atomic E-state index is 0.832. The third-order valence-electron chi connectivity index (χ3n) is 3.58. The Hall–Kier alpha value is -0.0800. The predicted octanol–water partition coefficient (Wildman–Crippen LogP) is 3.29. The first-order valence-electron chi connectivity index (χ1n) is 6.84. The van der Waals surface area contributed by atoms with Crippen LogP contribution in [0.2, 0.25) is 0 Å². The number of unbranched alkanes of at least 4 members (excludes halogenated alkanes) is 1. The summed E-state index contributed by atoms with van der Waals surface area (Å²) in [6.07, 6.45) is 8.36. The van der Waals surface area contributed by atoms with Gasteiger partial charge in [0.15, 0.2) is 0 Å². The lowest BCUT2D eigenvalue weighted by atomic mass is 9.99. The summed E-state index contributed by atoms with van der Waals surface area (Å²) in [5.41, 5.74) is 0. The van der Waals surface area contributed by atoms with Gasteiger partial charge in [-0.3, -0.25) is 0 Å². The third-order valence-corrected chi connectivity index (χ3v) is 3.58. The first kappa shape index (κ1) is 13.0. The molecular formula is C13H28N2. The normalized spacial score (nSPS) is 23.6. The fourth-order valence-corrected chi connectivity index (χ4v) is 2.68. The van der Waals surface area contributed by atoms with Gasteiger partial charge in [0.25, 0.3) is 0 Å². The molecule has 2 nitrogen and oxygen atoms in total. The van der Waals surface area contributed by atoms with Crippen molar-refractivity contribution >= 4 is 0 Å². The van der Waals surface area contributed by atoms with Crippen molar-refractivity contribution < 1.29 is 0 Å². The molecule has 0 aromatic rings. The molecule has 0 aromatic heterocycles. The zero-order valence-electron chi connectivity index (χ0n) is 10.8. The standard InChI is InChI=1S/C13H28N2/c1-4-7-10-13-11-8-9-12-15(13)14(5-2)6-3/h13H,4-12H2,1-3H3. The van der Waals surface area contributed by atoms with Crippen molar-refractivity contribution in [2.45, 2.75) is 65.3 Å². The van der Waals surface area contributed by atoms with Gasteiger partial charge in [-0.25, -0.2) is 10.0 Å². The average Bonchev–Trinajstić information content (AvgIpc) is 2.29. The Morgan fingerprint density at radius 2 is 1.87 bits per heavy atom. The van der Waals surface area contributed by atoms with E-state index in [9.17, 15) is 0 Å². The Morgan fingerprint density at radius 1 is 1.13 bits per heavy atom. The molecule has 1 heterocycles. The molecule has 15 heavy (non-hydrogen) atoms. The summed E-state index contributed by atoms with van der Waals surface area (Å²) in [5.74, 6) is 0. The summed E-state index contributed by atoms with van der Waals surface area (Å²) < 4.78 is 0. The second kappa shape index (κ2) is 7.24. The molecule has 1 atom stereocenters. The van der Waals surface area contributed by atoms with E-state index in [2.05, 4.69) is 30.8 Å². The third kappa shape index (κ3) is 3.76.